The smallest absolute Gasteiger partial charge is 0.184 e. The molecule has 2 heterocycles. The quantitative estimate of drug-likeness (QED) is 0.546. The fraction of sp³-hybridized carbons (Fsp3) is 0.158. The standard InChI is InChI=1S/C19H17FN6O/c20-15-9-5-4-8-14(15)12-26-19-16(24-25-26)18(21-10-11-27)22-17(23-19)13-6-2-1-3-7-13/h1-9,27H,10-12H2,(H,21,22,23). The molecule has 8 heteroatoms. The first-order valence-corrected chi connectivity index (χ1v) is 8.51. The molecule has 2 aromatic heterocycles. The number of halogens is 1. The van der Waals surface area contributed by atoms with E-state index in [0.29, 0.717) is 34.9 Å². The van der Waals surface area contributed by atoms with Gasteiger partial charge in [-0.25, -0.2) is 19.0 Å². The monoisotopic (exact) mass is 364 g/mol. The van der Waals surface area contributed by atoms with Crippen molar-refractivity contribution in [3.8, 4) is 11.4 Å². The predicted octanol–water partition coefficient (Wildman–Crippen LogP) is 2.48. The zero-order chi connectivity index (χ0) is 18.6. The topological polar surface area (TPSA) is 88.8 Å². The van der Waals surface area contributed by atoms with E-state index in [4.69, 9.17) is 5.11 Å². The Morgan fingerprint density at radius 3 is 2.56 bits per heavy atom. The molecule has 4 aromatic rings. The molecule has 0 amide bonds. The Kier molecular flexibility index (Phi) is 4.71. The summed E-state index contributed by atoms with van der Waals surface area (Å²) < 4.78 is 15.6. The molecule has 0 aliphatic heterocycles. The minimum absolute atomic E-state index is 0.0461. The molecule has 0 bridgehead atoms. The lowest BCUT2D eigenvalue weighted by atomic mass is 10.2. The lowest BCUT2D eigenvalue weighted by molar-refractivity contribution is 0.311. The van der Waals surface area contributed by atoms with Crippen LogP contribution in [0.1, 0.15) is 5.56 Å². The van der Waals surface area contributed by atoms with Gasteiger partial charge in [-0.3, -0.25) is 0 Å². The Labute approximate surface area is 154 Å². The van der Waals surface area contributed by atoms with Gasteiger partial charge in [-0.15, -0.1) is 5.10 Å². The van der Waals surface area contributed by atoms with Gasteiger partial charge in [0.05, 0.1) is 13.2 Å². The van der Waals surface area contributed by atoms with Crippen LogP contribution in [-0.4, -0.2) is 43.2 Å². The number of nitrogens with zero attached hydrogens (tertiary/aromatic N) is 5. The molecule has 136 valence electrons. The van der Waals surface area contributed by atoms with E-state index >= 15 is 0 Å². The number of anilines is 1. The molecule has 0 aliphatic rings. The molecule has 0 aliphatic carbocycles. The Hall–Kier alpha value is -3.39. The van der Waals surface area contributed by atoms with Crippen LogP contribution in [0.2, 0.25) is 0 Å². The molecule has 0 unspecified atom stereocenters. The van der Waals surface area contributed by atoms with E-state index in [1.807, 2.05) is 30.3 Å². The largest absolute Gasteiger partial charge is 0.395 e. The number of benzene rings is 2. The Bertz CT molecular complexity index is 1070. The van der Waals surface area contributed by atoms with Crippen LogP contribution in [0.25, 0.3) is 22.6 Å². The maximum Gasteiger partial charge on any atom is 0.184 e. The summed E-state index contributed by atoms with van der Waals surface area (Å²) in [5, 5.41) is 20.5. The zero-order valence-electron chi connectivity index (χ0n) is 14.4. The summed E-state index contributed by atoms with van der Waals surface area (Å²) in [6, 6.07) is 16.1. The molecule has 0 atom stereocenters. The molecule has 27 heavy (non-hydrogen) atoms. The predicted molar refractivity (Wildman–Crippen MR) is 99.6 cm³/mol. The minimum Gasteiger partial charge on any atom is -0.395 e. The second-order valence-electron chi connectivity index (χ2n) is 5.92. The van der Waals surface area contributed by atoms with Gasteiger partial charge in [0.15, 0.2) is 22.8 Å². The maximum atomic E-state index is 14.0. The average Bonchev–Trinajstić information content (AvgIpc) is 3.11. The van der Waals surface area contributed by atoms with E-state index in [1.54, 1.807) is 22.9 Å². The molecular weight excluding hydrogens is 347 g/mol. The number of fused-ring (bicyclic) bond motifs is 1. The minimum atomic E-state index is -0.308. The average molecular weight is 364 g/mol. The highest BCUT2D eigenvalue weighted by Crippen LogP contribution is 2.24. The van der Waals surface area contributed by atoms with E-state index < -0.39 is 0 Å². The van der Waals surface area contributed by atoms with Gasteiger partial charge in [0.1, 0.15) is 5.82 Å². The van der Waals surface area contributed by atoms with Crippen molar-refractivity contribution in [2.24, 2.45) is 0 Å². The van der Waals surface area contributed by atoms with Crippen molar-refractivity contribution in [3.63, 3.8) is 0 Å². The molecule has 0 spiro atoms. The number of hydrogen-bond donors (Lipinski definition) is 2. The van der Waals surface area contributed by atoms with Crippen molar-refractivity contribution in [3.05, 3.63) is 66.0 Å². The van der Waals surface area contributed by atoms with Gasteiger partial charge in [-0.2, -0.15) is 0 Å². The number of hydrogen-bond acceptors (Lipinski definition) is 6. The fourth-order valence-electron chi connectivity index (χ4n) is 2.76. The summed E-state index contributed by atoms with van der Waals surface area (Å²) in [4.78, 5) is 9.13. The Morgan fingerprint density at radius 2 is 1.78 bits per heavy atom. The van der Waals surface area contributed by atoms with Crippen molar-refractivity contribution in [1.82, 2.24) is 25.0 Å². The van der Waals surface area contributed by atoms with Crippen molar-refractivity contribution < 1.29 is 9.50 Å². The van der Waals surface area contributed by atoms with Crippen molar-refractivity contribution >= 4 is 17.0 Å². The lowest BCUT2D eigenvalue weighted by Crippen LogP contribution is -2.09. The first kappa shape index (κ1) is 17.0. The van der Waals surface area contributed by atoms with E-state index in [1.165, 1.54) is 6.07 Å². The van der Waals surface area contributed by atoms with Crippen LogP contribution in [0.4, 0.5) is 10.2 Å². The van der Waals surface area contributed by atoms with Crippen LogP contribution in [-0.2, 0) is 6.54 Å². The SMILES string of the molecule is OCCNc1nc(-c2ccccc2)nc2c1nnn2Cc1ccccc1F. The molecule has 4 rings (SSSR count). The van der Waals surface area contributed by atoms with Crippen LogP contribution in [0, 0.1) is 5.82 Å². The number of nitrogens with one attached hydrogen (secondary N) is 1. The van der Waals surface area contributed by atoms with Gasteiger partial charge in [0.2, 0.25) is 0 Å². The third kappa shape index (κ3) is 3.47. The third-order valence-corrected chi connectivity index (χ3v) is 4.08. The molecule has 7 nitrogen and oxygen atoms in total. The van der Waals surface area contributed by atoms with Crippen molar-refractivity contribution in [2.75, 3.05) is 18.5 Å². The van der Waals surface area contributed by atoms with Crippen LogP contribution in [0.15, 0.2) is 54.6 Å². The number of rotatable bonds is 6. The van der Waals surface area contributed by atoms with Gasteiger partial charge >= 0.3 is 0 Å². The molecule has 0 saturated heterocycles. The van der Waals surface area contributed by atoms with Crippen molar-refractivity contribution in [1.29, 1.82) is 0 Å². The number of aliphatic hydroxyl groups excluding tert-OH is 1. The number of aromatic nitrogens is 5. The summed E-state index contributed by atoms with van der Waals surface area (Å²) in [6.45, 7) is 0.476. The highest BCUT2D eigenvalue weighted by atomic mass is 19.1. The van der Waals surface area contributed by atoms with E-state index in [-0.39, 0.29) is 19.0 Å². The highest BCUT2D eigenvalue weighted by molar-refractivity contribution is 5.84. The summed E-state index contributed by atoms with van der Waals surface area (Å²) in [7, 11) is 0. The Morgan fingerprint density at radius 1 is 1.00 bits per heavy atom. The highest BCUT2D eigenvalue weighted by Gasteiger charge is 2.16. The summed E-state index contributed by atoms with van der Waals surface area (Å²) in [6.07, 6.45) is 0. The van der Waals surface area contributed by atoms with E-state index in [0.717, 1.165) is 5.56 Å². The van der Waals surface area contributed by atoms with Crippen LogP contribution >= 0.6 is 0 Å². The molecular formula is C19H17FN6O. The second kappa shape index (κ2) is 7.46. The third-order valence-electron chi connectivity index (χ3n) is 4.08. The van der Waals surface area contributed by atoms with E-state index in [2.05, 4.69) is 25.6 Å². The lowest BCUT2D eigenvalue weighted by Gasteiger charge is -2.08. The van der Waals surface area contributed by atoms with Crippen molar-refractivity contribution in [2.45, 2.75) is 6.54 Å². The van der Waals surface area contributed by atoms with Gasteiger partial charge in [-0.05, 0) is 6.07 Å². The van der Waals surface area contributed by atoms with E-state index in [9.17, 15) is 4.39 Å². The summed E-state index contributed by atoms with van der Waals surface area (Å²) >= 11 is 0. The normalized spacial score (nSPS) is 11.0. The molecule has 2 N–H and O–H groups in total. The van der Waals surface area contributed by atoms with Gasteiger partial charge < -0.3 is 10.4 Å². The summed E-state index contributed by atoms with van der Waals surface area (Å²) in [5.41, 5.74) is 2.30. The second-order valence-corrected chi connectivity index (χ2v) is 5.92. The van der Waals surface area contributed by atoms with Gasteiger partial charge in [0, 0.05) is 17.7 Å². The molecule has 0 saturated carbocycles. The maximum absolute atomic E-state index is 14.0. The van der Waals surface area contributed by atoms with Gasteiger partial charge in [0.25, 0.3) is 0 Å². The Balaban J connectivity index is 1.83. The van der Waals surface area contributed by atoms with Gasteiger partial charge in [-0.1, -0.05) is 53.7 Å². The van der Waals surface area contributed by atoms with Crippen LogP contribution in [0.3, 0.4) is 0 Å². The fourth-order valence-corrected chi connectivity index (χ4v) is 2.76. The van der Waals surface area contributed by atoms with Crippen LogP contribution in [0.5, 0.6) is 0 Å². The molecule has 0 radical (unpaired) electrons. The first-order valence-electron chi connectivity index (χ1n) is 8.51. The molecule has 2 aromatic carbocycles. The summed E-state index contributed by atoms with van der Waals surface area (Å²) in [5.74, 6) is 0.672. The number of aliphatic hydroxyl groups is 1. The van der Waals surface area contributed by atoms with Crippen LogP contribution < -0.4 is 5.32 Å². The zero-order valence-corrected chi connectivity index (χ0v) is 14.4. The first-order chi connectivity index (χ1) is 13.3. The molecule has 0 fully saturated rings.